The van der Waals surface area contributed by atoms with E-state index in [-0.39, 0.29) is 11.7 Å². The van der Waals surface area contributed by atoms with E-state index >= 15 is 0 Å². The van der Waals surface area contributed by atoms with Crippen LogP contribution in [0, 0.1) is 5.41 Å². The van der Waals surface area contributed by atoms with E-state index in [1.54, 1.807) is 12.1 Å². The van der Waals surface area contributed by atoms with E-state index < -0.39 is 0 Å². The Balaban J connectivity index is 2.43. The number of nitrogens with zero attached hydrogens (tertiary/aromatic N) is 1. The zero-order valence-electron chi connectivity index (χ0n) is 16.7. The van der Waals surface area contributed by atoms with Crippen molar-refractivity contribution in [2.45, 2.75) is 53.5 Å². The second-order valence-electron chi connectivity index (χ2n) is 7.71. The molecule has 6 heteroatoms. The Morgan fingerprint density at radius 1 is 1.19 bits per heavy atom. The van der Waals surface area contributed by atoms with Gasteiger partial charge in [-0.2, -0.15) is 0 Å². The lowest BCUT2D eigenvalue weighted by molar-refractivity contribution is 0.0955. The van der Waals surface area contributed by atoms with Crippen LogP contribution in [0.1, 0.15) is 57.8 Å². The SMILES string of the molecule is CCNC(=NCCNC(=O)c1ccc(O)cc1)NC(C)CCC(C)(C)C. The average Bonchev–Trinajstić information content (AvgIpc) is 2.57. The number of hydrogen-bond donors (Lipinski definition) is 4. The van der Waals surface area contributed by atoms with Gasteiger partial charge in [-0.15, -0.1) is 0 Å². The quantitative estimate of drug-likeness (QED) is 0.325. The summed E-state index contributed by atoms with van der Waals surface area (Å²) >= 11 is 0. The molecule has 1 unspecified atom stereocenters. The molecule has 0 aliphatic carbocycles. The van der Waals surface area contributed by atoms with E-state index in [0.717, 1.165) is 25.3 Å². The van der Waals surface area contributed by atoms with Crippen LogP contribution >= 0.6 is 0 Å². The Bertz CT molecular complexity index is 576. The summed E-state index contributed by atoms with van der Waals surface area (Å²) in [6.07, 6.45) is 2.22. The highest BCUT2D eigenvalue weighted by Crippen LogP contribution is 2.21. The molecule has 0 aromatic heterocycles. The summed E-state index contributed by atoms with van der Waals surface area (Å²) in [5, 5.41) is 18.7. The first kappa shape index (κ1) is 21.8. The van der Waals surface area contributed by atoms with Gasteiger partial charge >= 0.3 is 0 Å². The number of aromatic hydroxyl groups is 1. The van der Waals surface area contributed by atoms with Crippen molar-refractivity contribution < 1.29 is 9.90 Å². The Hall–Kier alpha value is -2.24. The van der Waals surface area contributed by atoms with E-state index in [9.17, 15) is 9.90 Å². The molecule has 0 bridgehead atoms. The van der Waals surface area contributed by atoms with Crippen molar-refractivity contribution in [3.63, 3.8) is 0 Å². The normalized spacial score (nSPS) is 13.2. The van der Waals surface area contributed by atoms with E-state index in [1.165, 1.54) is 12.1 Å². The highest BCUT2D eigenvalue weighted by atomic mass is 16.3. The number of aliphatic imine (C=N–C) groups is 1. The zero-order chi connectivity index (χ0) is 19.6. The molecular weight excluding hydrogens is 328 g/mol. The van der Waals surface area contributed by atoms with Crippen LogP contribution in [-0.2, 0) is 0 Å². The van der Waals surface area contributed by atoms with Crippen LogP contribution in [0.5, 0.6) is 5.75 Å². The Morgan fingerprint density at radius 2 is 1.85 bits per heavy atom. The summed E-state index contributed by atoms with van der Waals surface area (Å²) < 4.78 is 0. The largest absolute Gasteiger partial charge is 0.508 e. The van der Waals surface area contributed by atoms with Gasteiger partial charge in [0.1, 0.15) is 5.75 Å². The summed E-state index contributed by atoms with van der Waals surface area (Å²) in [5.41, 5.74) is 0.844. The van der Waals surface area contributed by atoms with Crippen molar-refractivity contribution >= 4 is 11.9 Å². The molecule has 0 aliphatic heterocycles. The minimum Gasteiger partial charge on any atom is -0.508 e. The van der Waals surface area contributed by atoms with Crippen LogP contribution in [0.4, 0.5) is 0 Å². The number of guanidine groups is 1. The van der Waals surface area contributed by atoms with Crippen LogP contribution in [0.2, 0.25) is 0 Å². The van der Waals surface area contributed by atoms with Gasteiger partial charge < -0.3 is 21.1 Å². The second kappa shape index (κ2) is 10.7. The third-order valence-corrected chi connectivity index (χ3v) is 3.85. The van der Waals surface area contributed by atoms with Crippen LogP contribution < -0.4 is 16.0 Å². The van der Waals surface area contributed by atoms with E-state index in [4.69, 9.17) is 0 Å². The summed E-state index contributed by atoms with van der Waals surface area (Å²) in [7, 11) is 0. The molecule has 26 heavy (non-hydrogen) atoms. The molecule has 0 saturated heterocycles. The zero-order valence-corrected chi connectivity index (χ0v) is 16.7. The van der Waals surface area contributed by atoms with Gasteiger partial charge in [0, 0.05) is 24.7 Å². The summed E-state index contributed by atoms with van der Waals surface area (Å²) in [6.45, 7) is 12.7. The molecule has 0 radical (unpaired) electrons. The monoisotopic (exact) mass is 362 g/mol. The van der Waals surface area contributed by atoms with E-state index in [2.05, 4.69) is 48.6 Å². The molecule has 146 valence electrons. The fourth-order valence-corrected chi connectivity index (χ4v) is 2.33. The lowest BCUT2D eigenvalue weighted by Gasteiger charge is -2.23. The van der Waals surface area contributed by atoms with E-state index in [0.29, 0.717) is 30.1 Å². The Morgan fingerprint density at radius 3 is 2.42 bits per heavy atom. The number of carbonyl (C=O) groups excluding carboxylic acids is 1. The molecule has 1 aromatic carbocycles. The van der Waals surface area contributed by atoms with Gasteiger partial charge in [-0.3, -0.25) is 9.79 Å². The summed E-state index contributed by atoms with van der Waals surface area (Å²) in [5.74, 6) is 0.748. The van der Waals surface area contributed by atoms with Crippen LogP contribution in [-0.4, -0.2) is 42.6 Å². The minimum atomic E-state index is -0.170. The van der Waals surface area contributed by atoms with Crippen molar-refractivity contribution in [1.29, 1.82) is 0 Å². The number of hydrogen-bond acceptors (Lipinski definition) is 3. The number of amides is 1. The fraction of sp³-hybridized carbons (Fsp3) is 0.600. The summed E-state index contributed by atoms with van der Waals surface area (Å²) in [6, 6.07) is 6.52. The maximum atomic E-state index is 12.0. The Labute approximate surface area is 157 Å². The van der Waals surface area contributed by atoms with Gasteiger partial charge in [-0.1, -0.05) is 20.8 Å². The first-order chi connectivity index (χ1) is 12.2. The standard InChI is InChI=1S/C20H34N4O2/c1-6-21-19(24-15(2)11-12-20(3,4)5)23-14-13-22-18(26)16-7-9-17(25)10-8-16/h7-10,15,25H,6,11-14H2,1-5H3,(H,22,26)(H2,21,23,24). The van der Waals surface area contributed by atoms with Crippen molar-refractivity contribution in [2.24, 2.45) is 10.4 Å². The first-order valence-corrected chi connectivity index (χ1v) is 9.33. The number of phenols is 1. The van der Waals surface area contributed by atoms with Crippen LogP contribution in [0.15, 0.2) is 29.3 Å². The van der Waals surface area contributed by atoms with Crippen molar-refractivity contribution in [3.8, 4) is 5.75 Å². The molecule has 0 heterocycles. The van der Waals surface area contributed by atoms with Crippen LogP contribution in [0.3, 0.4) is 0 Å². The van der Waals surface area contributed by atoms with Gasteiger partial charge in [0.15, 0.2) is 5.96 Å². The molecule has 0 fully saturated rings. The third-order valence-electron chi connectivity index (χ3n) is 3.85. The topological polar surface area (TPSA) is 85.8 Å². The molecule has 1 aromatic rings. The van der Waals surface area contributed by atoms with Gasteiger partial charge in [0.05, 0.1) is 6.54 Å². The maximum absolute atomic E-state index is 12.0. The average molecular weight is 363 g/mol. The second-order valence-corrected chi connectivity index (χ2v) is 7.71. The number of benzene rings is 1. The predicted octanol–water partition coefficient (Wildman–Crippen LogP) is 2.89. The Kier molecular flexibility index (Phi) is 8.96. The number of carbonyl (C=O) groups is 1. The third kappa shape index (κ3) is 9.30. The molecule has 0 saturated carbocycles. The lowest BCUT2D eigenvalue weighted by Crippen LogP contribution is -2.43. The van der Waals surface area contributed by atoms with Crippen molar-refractivity contribution in [1.82, 2.24) is 16.0 Å². The minimum absolute atomic E-state index is 0.146. The van der Waals surface area contributed by atoms with Crippen LogP contribution in [0.25, 0.3) is 0 Å². The van der Waals surface area contributed by atoms with Crippen molar-refractivity contribution in [3.05, 3.63) is 29.8 Å². The van der Waals surface area contributed by atoms with Gasteiger partial charge in [-0.25, -0.2) is 0 Å². The lowest BCUT2D eigenvalue weighted by atomic mass is 9.89. The van der Waals surface area contributed by atoms with Gasteiger partial charge in [0.2, 0.25) is 0 Å². The highest BCUT2D eigenvalue weighted by molar-refractivity contribution is 5.94. The molecule has 1 rings (SSSR count). The molecule has 4 N–H and O–H groups in total. The van der Waals surface area contributed by atoms with E-state index in [1.807, 2.05) is 6.92 Å². The molecule has 0 spiro atoms. The number of rotatable bonds is 8. The van der Waals surface area contributed by atoms with Gasteiger partial charge in [-0.05, 0) is 56.4 Å². The van der Waals surface area contributed by atoms with Gasteiger partial charge in [0.25, 0.3) is 5.91 Å². The number of phenolic OH excluding ortho intramolecular Hbond substituents is 1. The molecule has 1 amide bonds. The molecule has 6 nitrogen and oxygen atoms in total. The molecular formula is C20H34N4O2. The summed E-state index contributed by atoms with van der Waals surface area (Å²) in [4.78, 5) is 16.5. The maximum Gasteiger partial charge on any atom is 0.251 e. The smallest absolute Gasteiger partial charge is 0.251 e. The number of nitrogens with one attached hydrogen (secondary N) is 3. The molecule has 1 atom stereocenters. The predicted molar refractivity (Wildman–Crippen MR) is 108 cm³/mol. The van der Waals surface area contributed by atoms with Crippen molar-refractivity contribution in [2.75, 3.05) is 19.6 Å². The first-order valence-electron chi connectivity index (χ1n) is 9.33. The fourth-order valence-electron chi connectivity index (χ4n) is 2.33. The highest BCUT2D eigenvalue weighted by Gasteiger charge is 2.13. The molecule has 0 aliphatic rings.